The highest BCUT2D eigenvalue weighted by Gasteiger charge is 2.32. The predicted molar refractivity (Wildman–Crippen MR) is 128 cm³/mol. The van der Waals surface area contributed by atoms with Gasteiger partial charge in [0, 0.05) is 24.7 Å². The summed E-state index contributed by atoms with van der Waals surface area (Å²) in [6.45, 7) is 6.36. The van der Waals surface area contributed by atoms with Crippen LogP contribution in [0.1, 0.15) is 55.6 Å². The first-order valence-corrected chi connectivity index (χ1v) is 11.5. The Balaban J connectivity index is 1.61. The molecule has 1 fully saturated rings. The van der Waals surface area contributed by atoms with Crippen LogP contribution in [0, 0.1) is 11.6 Å². The number of likely N-dealkylation sites (tertiary alicyclic amines) is 1. The van der Waals surface area contributed by atoms with E-state index in [1.165, 1.54) is 42.6 Å². The van der Waals surface area contributed by atoms with Gasteiger partial charge < -0.3 is 15.0 Å². The first-order chi connectivity index (χ1) is 16.6. The summed E-state index contributed by atoms with van der Waals surface area (Å²) in [6.07, 6.45) is 2.25. The Labute approximate surface area is 202 Å². The highest BCUT2D eigenvalue weighted by molar-refractivity contribution is 6.05. The van der Waals surface area contributed by atoms with Gasteiger partial charge in [0.25, 0.3) is 5.91 Å². The van der Waals surface area contributed by atoms with Crippen molar-refractivity contribution in [2.45, 2.75) is 45.1 Å². The molecular formula is C26H28F2N4O3. The number of piperidine rings is 1. The van der Waals surface area contributed by atoms with Crippen LogP contribution in [0.2, 0.25) is 0 Å². The van der Waals surface area contributed by atoms with E-state index in [0.29, 0.717) is 48.6 Å². The summed E-state index contributed by atoms with van der Waals surface area (Å²) in [5.74, 6) is -1.32. The number of carbonyl (C=O) groups is 2. The second-order valence-corrected chi connectivity index (χ2v) is 9.54. The minimum Gasteiger partial charge on any atom is -0.444 e. The van der Waals surface area contributed by atoms with E-state index in [1.807, 2.05) is 20.8 Å². The van der Waals surface area contributed by atoms with Crippen molar-refractivity contribution in [1.29, 1.82) is 0 Å². The van der Waals surface area contributed by atoms with Crippen molar-refractivity contribution in [1.82, 2.24) is 14.7 Å². The summed E-state index contributed by atoms with van der Waals surface area (Å²) in [5, 5.41) is 7.18. The fraction of sp³-hybridized carbons (Fsp3) is 0.346. The molecule has 0 saturated carbocycles. The summed E-state index contributed by atoms with van der Waals surface area (Å²) >= 11 is 0. The number of hydrogen-bond acceptors (Lipinski definition) is 4. The molecular weight excluding hydrogens is 454 g/mol. The van der Waals surface area contributed by atoms with E-state index in [4.69, 9.17) is 4.74 Å². The fourth-order valence-corrected chi connectivity index (χ4v) is 4.13. The van der Waals surface area contributed by atoms with Crippen molar-refractivity contribution < 1.29 is 23.1 Å². The van der Waals surface area contributed by atoms with Gasteiger partial charge in [0.2, 0.25) is 0 Å². The fourth-order valence-electron chi connectivity index (χ4n) is 4.13. The number of hydrogen-bond donors (Lipinski definition) is 1. The van der Waals surface area contributed by atoms with Gasteiger partial charge in [-0.15, -0.1) is 0 Å². The van der Waals surface area contributed by atoms with E-state index >= 15 is 0 Å². The number of nitrogens with one attached hydrogen (secondary N) is 1. The quantitative estimate of drug-likeness (QED) is 0.532. The van der Waals surface area contributed by atoms with Crippen LogP contribution >= 0.6 is 0 Å². The third-order valence-electron chi connectivity index (χ3n) is 5.74. The first-order valence-electron chi connectivity index (χ1n) is 11.5. The molecule has 0 atom stereocenters. The lowest BCUT2D eigenvalue weighted by Gasteiger charge is -2.34. The zero-order chi connectivity index (χ0) is 25.2. The zero-order valence-corrected chi connectivity index (χ0v) is 19.9. The van der Waals surface area contributed by atoms with Gasteiger partial charge in [-0.1, -0.05) is 6.07 Å². The van der Waals surface area contributed by atoms with Gasteiger partial charge in [-0.2, -0.15) is 5.10 Å². The second kappa shape index (κ2) is 9.85. The maximum Gasteiger partial charge on any atom is 0.410 e. The molecule has 1 aliphatic rings. The van der Waals surface area contributed by atoms with Crippen molar-refractivity contribution in [2.75, 3.05) is 18.4 Å². The zero-order valence-electron chi connectivity index (χ0n) is 19.9. The smallest absolute Gasteiger partial charge is 0.410 e. The maximum atomic E-state index is 14.0. The lowest BCUT2D eigenvalue weighted by atomic mass is 9.90. The summed E-state index contributed by atoms with van der Waals surface area (Å²) < 4.78 is 34.3. The molecule has 0 radical (unpaired) electrons. The number of nitrogens with zero attached hydrogens (tertiary/aromatic N) is 3. The largest absolute Gasteiger partial charge is 0.444 e. The molecule has 0 bridgehead atoms. The Kier molecular flexibility index (Phi) is 6.86. The van der Waals surface area contributed by atoms with Crippen LogP contribution in [-0.2, 0) is 4.74 Å². The third kappa shape index (κ3) is 5.85. The van der Waals surface area contributed by atoms with Crippen LogP contribution in [-0.4, -0.2) is 45.4 Å². The van der Waals surface area contributed by atoms with Gasteiger partial charge in [0.1, 0.15) is 17.2 Å². The van der Waals surface area contributed by atoms with E-state index in [0.717, 1.165) is 0 Å². The molecule has 7 nitrogen and oxygen atoms in total. The van der Waals surface area contributed by atoms with E-state index in [-0.39, 0.29) is 12.0 Å². The van der Waals surface area contributed by atoms with Gasteiger partial charge in [-0.25, -0.2) is 18.3 Å². The van der Waals surface area contributed by atoms with Crippen LogP contribution < -0.4 is 5.32 Å². The molecule has 0 spiro atoms. The summed E-state index contributed by atoms with van der Waals surface area (Å²) in [7, 11) is 0. The van der Waals surface area contributed by atoms with E-state index < -0.39 is 23.1 Å². The normalized spacial score (nSPS) is 14.6. The maximum absolute atomic E-state index is 14.0. The molecule has 1 aliphatic heterocycles. The SMILES string of the molecule is CC(C)(C)OC(=O)N1CCC(c2c(C(=O)Nc3ccc(F)cc3)cnn2-c2cccc(F)c2)CC1. The predicted octanol–water partition coefficient (Wildman–Crippen LogP) is 5.52. The number of aromatic nitrogens is 2. The van der Waals surface area contributed by atoms with Crippen molar-refractivity contribution in [3.63, 3.8) is 0 Å². The number of benzene rings is 2. The van der Waals surface area contributed by atoms with Crippen LogP contribution in [0.3, 0.4) is 0 Å². The summed E-state index contributed by atoms with van der Waals surface area (Å²) in [5.41, 5.74) is 1.33. The molecule has 2 aromatic carbocycles. The van der Waals surface area contributed by atoms with Crippen molar-refractivity contribution in [2.24, 2.45) is 0 Å². The third-order valence-corrected chi connectivity index (χ3v) is 5.74. The average Bonchev–Trinajstić information content (AvgIpc) is 3.25. The lowest BCUT2D eigenvalue weighted by molar-refractivity contribution is 0.0203. The Hall–Kier alpha value is -3.75. The van der Waals surface area contributed by atoms with Crippen LogP contribution in [0.15, 0.2) is 54.7 Å². The minimum atomic E-state index is -0.588. The molecule has 1 N–H and O–H groups in total. The van der Waals surface area contributed by atoms with E-state index in [2.05, 4.69) is 10.4 Å². The van der Waals surface area contributed by atoms with Gasteiger partial charge in [-0.3, -0.25) is 4.79 Å². The Bertz CT molecular complexity index is 1210. The van der Waals surface area contributed by atoms with Crippen LogP contribution in [0.25, 0.3) is 5.69 Å². The summed E-state index contributed by atoms with van der Waals surface area (Å²) in [6, 6.07) is 11.5. The van der Waals surface area contributed by atoms with Gasteiger partial charge >= 0.3 is 6.09 Å². The highest BCUT2D eigenvalue weighted by atomic mass is 19.1. The number of ether oxygens (including phenoxy) is 1. The standard InChI is InChI=1S/C26H28F2N4O3/c1-26(2,3)35-25(34)31-13-11-17(12-14-31)23-22(24(33)30-20-9-7-18(27)8-10-20)16-29-32(23)21-6-4-5-19(28)15-21/h4-10,15-17H,11-14H2,1-3H3,(H,30,33). The lowest BCUT2D eigenvalue weighted by Crippen LogP contribution is -2.41. The number of amides is 2. The molecule has 3 aromatic rings. The number of anilines is 1. The van der Waals surface area contributed by atoms with Crippen molar-refractivity contribution in [3.8, 4) is 5.69 Å². The molecule has 9 heteroatoms. The number of halogens is 2. The van der Waals surface area contributed by atoms with E-state index in [9.17, 15) is 18.4 Å². The van der Waals surface area contributed by atoms with Crippen molar-refractivity contribution >= 4 is 17.7 Å². The molecule has 2 amide bonds. The summed E-state index contributed by atoms with van der Waals surface area (Å²) in [4.78, 5) is 27.3. The Morgan fingerprint density at radius 1 is 1.03 bits per heavy atom. The van der Waals surface area contributed by atoms with Crippen LogP contribution in [0.4, 0.5) is 19.3 Å². The Morgan fingerprint density at radius 3 is 2.34 bits per heavy atom. The molecule has 184 valence electrons. The van der Waals surface area contributed by atoms with Gasteiger partial charge in [0.15, 0.2) is 0 Å². The Morgan fingerprint density at radius 2 is 1.71 bits per heavy atom. The molecule has 0 aliphatic carbocycles. The van der Waals surface area contributed by atoms with E-state index in [1.54, 1.807) is 21.7 Å². The molecule has 0 unspecified atom stereocenters. The molecule has 35 heavy (non-hydrogen) atoms. The molecule has 2 heterocycles. The topological polar surface area (TPSA) is 76.5 Å². The van der Waals surface area contributed by atoms with Crippen LogP contribution in [0.5, 0.6) is 0 Å². The average molecular weight is 483 g/mol. The van der Waals surface area contributed by atoms with Gasteiger partial charge in [-0.05, 0) is 76.1 Å². The second-order valence-electron chi connectivity index (χ2n) is 9.54. The molecule has 4 rings (SSSR count). The molecule has 1 aromatic heterocycles. The van der Waals surface area contributed by atoms with Crippen molar-refractivity contribution in [3.05, 3.63) is 77.6 Å². The van der Waals surface area contributed by atoms with Gasteiger partial charge in [0.05, 0.1) is 23.1 Å². The first kappa shape index (κ1) is 24.4. The molecule has 1 saturated heterocycles. The number of rotatable bonds is 4. The monoisotopic (exact) mass is 482 g/mol. The highest BCUT2D eigenvalue weighted by Crippen LogP contribution is 2.33. The minimum absolute atomic E-state index is 0.103. The number of carbonyl (C=O) groups excluding carboxylic acids is 2.